The highest BCUT2D eigenvalue weighted by atomic mass is 35.5. The van der Waals surface area contributed by atoms with Crippen molar-refractivity contribution in [2.24, 2.45) is 0 Å². The molecule has 0 aliphatic heterocycles. The van der Waals surface area contributed by atoms with E-state index in [4.69, 9.17) is 20.8 Å². The number of ether oxygens (including phenoxy) is 1. The molecule has 1 amide bonds. The molecule has 0 radical (unpaired) electrons. The van der Waals surface area contributed by atoms with E-state index in [2.05, 4.69) is 31.1 Å². The standard InChI is InChI=1S/C21H29ClN2O3/c1-13-10-16(11-14(2)19(13)22)26-12-18(25)23-9-7-8-17-15(3)24-20(27-17)21(4,5)6/h10-11H,7-9,12H2,1-6H3,(H,23,25). The molecule has 0 saturated carbocycles. The monoisotopic (exact) mass is 392 g/mol. The number of nitrogens with zero attached hydrogens (tertiary/aromatic N) is 1. The number of halogens is 1. The lowest BCUT2D eigenvalue weighted by atomic mass is 9.97. The molecule has 1 aromatic heterocycles. The minimum absolute atomic E-state index is 0.0178. The van der Waals surface area contributed by atoms with E-state index >= 15 is 0 Å². The molecule has 2 rings (SSSR count). The van der Waals surface area contributed by atoms with Crippen LogP contribution < -0.4 is 10.1 Å². The molecule has 5 nitrogen and oxygen atoms in total. The van der Waals surface area contributed by atoms with E-state index in [1.54, 1.807) is 0 Å². The van der Waals surface area contributed by atoms with Crippen LogP contribution in [0.3, 0.4) is 0 Å². The fourth-order valence-corrected chi connectivity index (χ4v) is 2.76. The molecule has 0 spiro atoms. The molecule has 0 fully saturated rings. The van der Waals surface area contributed by atoms with Crippen LogP contribution in [0, 0.1) is 20.8 Å². The maximum Gasteiger partial charge on any atom is 0.257 e. The molecule has 148 valence electrons. The number of carbonyl (C=O) groups excluding carboxylic acids is 1. The Kier molecular flexibility index (Phi) is 6.93. The number of oxazole rings is 1. The van der Waals surface area contributed by atoms with E-state index in [1.807, 2.05) is 32.9 Å². The van der Waals surface area contributed by atoms with Gasteiger partial charge in [-0.3, -0.25) is 4.79 Å². The maximum atomic E-state index is 12.0. The number of nitrogens with one attached hydrogen (secondary N) is 1. The molecule has 0 aliphatic carbocycles. The maximum absolute atomic E-state index is 12.0. The largest absolute Gasteiger partial charge is 0.484 e. The van der Waals surface area contributed by atoms with Crippen molar-refractivity contribution in [2.45, 2.75) is 59.8 Å². The Morgan fingerprint density at radius 2 is 1.85 bits per heavy atom. The molecule has 1 heterocycles. The highest BCUT2D eigenvalue weighted by Gasteiger charge is 2.22. The van der Waals surface area contributed by atoms with Crippen molar-refractivity contribution < 1.29 is 13.9 Å². The van der Waals surface area contributed by atoms with Crippen LogP contribution in [0.5, 0.6) is 5.75 Å². The first kappa shape index (κ1) is 21.3. The molecule has 2 aromatic rings. The van der Waals surface area contributed by atoms with Gasteiger partial charge in [0.2, 0.25) is 0 Å². The lowest BCUT2D eigenvalue weighted by Gasteiger charge is -2.12. The smallest absolute Gasteiger partial charge is 0.257 e. The van der Waals surface area contributed by atoms with Crippen molar-refractivity contribution in [2.75, 3.05) is 13.2 Å². The second-order valence-corrected chi connectivity index (χ2v) is 8.27. The number of hydrogen-bond acceptors (Lipinski definition) is 4. The van der Waals surface area contributed by atoms with Gasteiger partial charge in [-0.05, 0) is 50.5 Å². The first-order valence-electron chi connectivity index (χ1n) is 9.21. The first-order chi connectivity index (χ1) is 12.6. The van der Waals surface area contributed by atoms with Gasteiger partial charge in [0, 0.05) is 23.4 Å². The fraction of sp³-hybridized carbons (Fsp3) is 0.524. The number of hydrogen-bond donors (Lipinski definition) is 1. The van der Waals surface area contributed by atoms with Gasteiger partial charge < -0.3 is 14.5 Å². The van der Waals surface area contributed by atoms with E-state index < -0.39 is 0 Å². The number of aromatic nitrogens is 1. The van der Waals surface area contributed by atoms with Gasteiger partial charge in [0.05, 0.1) is 5.69 Å². The average molecular weight is 393 g/mol. The lowest BCUT2D eigenvalue weighted by molar-refractivity contribution is -0.123. The summed E-state index contributed by atoms with van der Waals surface area (Å²) < 4.78 is 11.4. The molecular formula is C21H29ClN2O3. The second-order valence-electron chi connectivity index (χ2n) is 7.89. The molecular weight excluding hydrogens is 364 g/mol. The van der Waals surface area contributed by atoms with E-state index in [-0.39, 0.29) is 17.9 Å². The Bertz CT molecular complexity index is 783. The van der Waals surface area contributed by atoms with E-state index in [0.717, 1.165) is 46.3 Å². The predicted molar refractivity (Wildman–Crippen MR) is 108 cm³/mol. The van der Waals surface area contributed by atoms with Crippen molar-refractivity contribution in [1.29, 1.82) is 0 Å². The molecule has 0 atom stereocenters. The van der Waals surface area contributed by atoms with Crippen LogP contribution in [0.4, 0.5) is 0 Å². The molecule has 27 heavy (non-hydrogen) atoms. The summed E-state index contributed by atoms with van der Waals surface area (Å²) in [6.07, 6.45) is 1.52. The van der Waals surface area contributed by atoms with Crippen molar-refractivity contribution in [1.82, 2.24) is 10.3 Å². The topological polar surface area (TPSA) is 64.4 Å². The zero-order valence-corrected chi connectivity index (χ0v) is 17.8. The Labute approximate surface area is 166 Å². The zero-order valence-electron chi connectivity index (χ0n) is 17.0. The summed E-state index contributed by atoms with van der Waals surface area (Å²) in [6.45, 7) is 12.6. The number of aryl methyl sites for hydroxylation is 4. The quantitative estimate of drug-likeness (QED) is 0.695. The summed E-state index contributed by atoms with van der Waals surface area (Å²) in [7, 11) is 0. The van der Waals surface area contributed by atoms with Crippen LogP contribution in [0.15, 0.2) is 16.5 Å². The molecule has 1 aromatic carbocycles. The zero-order chi connectivity index (χ0) is 20.2. The van der Waals surface area contributed by atoms with Crippen LogP contribution in [-0.4, -0.2) is 24.0 Å². The molecule has 0 aliphatic rings. The number of carbonyl (C=O) groups is 1. The van der Waals surface area contributed by atoms with Crippen LogP contribution in [0.1, 0.15) is 55.7 Å². The third-order valence-corrected chi connectivity index (χ3v) is 4.81. The SMILES string of the molecule is Cc1cc(OCC(=O)NCCCc2oc(C(C)(C)C)nc2C)cc(C)c1Cl. The van der Waals surface area contributed by atoms with E-state index in [0.29, 0.717) is 12.3 Å². The van der Waals surface area contributed by atoms with Gasteiger partial charge in [0.1, 0.15) is 11.5 Å². The normalized spacial score (nSPS) is 11.5. The van der Waals surface area contributed by atoms with Gasteiger partial charge in [-0.2, -0.15) is 0 Å². The van der Waals surface area contributed by atoms with Gasteiger partial charge in [-0.15, -0.1) is 0 Å². The van der Waals surface area contributed by atoms with Crippen molar-refractivity contribution in [3.63, 3.8) is 0 Å². The molecule has 6 heteroatoms. The first-order valence-corrected chi connectivity index (χ1v) is 9.58. The summed E-state index contributed by atoms with van der Waals surface area (Å²) in [6, 6.07) is 3.67. The summed E-state index contributed by atoms with van der Waals surface area (Å²) in [5, 5.41) is 3.59. The van der Waals surface area contributed by atoms with Crippen LogP contribution >= 0.6 is 11.6 Å². The minimum Gasteiger partial charge on any atom is -0.484 e. The Hall–Kier alpha value is -2.01. The van der Waals surface area contributed by atoms with Gasteiger partial charge >= 0.3 is 0 Å². The third-order valence-electron chi connectivity index (χ3n) is 4.22. The Morgan fingerprint density at radius 1 is 1.22 bits per heavy atom. The van der Waals surface area contributed by atoms with Crippen molar-refractivity contribution in [3.05, 3.63) is 45.6 Å². The van der Waals surface area contributed by atoms with Crippen LogP contribution in [-0.2, 0) is 16.6 Å². The summed E-state index contributed by atoms with van der Waals surface area (Å²) in [5.74, 6) is 2.14. The summed E-state index contributed by atoms with van der Waals surface area (Å²) in [5.41, 5.74) is 2.68. The average Bonchev–Trinajstić information content (AvgIpc) is 2.96. The van der Waals surface area contributed by atoms with Gasteiger partial charge in [0.15, 0.2) is 12.5 Å². The molecule has 0 bridgehead atoms. The molecule has 0 saturated heterocycles. The van der Waals surface area contributed by atoms with Gasteiger partial charge in [0.25, 0.3) is 5.91 Å². The van der Waals surface area contributed by atoms with Crippen molar-refractivity contribution in [3.8, 4) is 5.75 Å². The van der Waals surface area contributed by atoms with Crippen molar-refractivity contribution >= 4 is 17.5 Å². The van der Waals surface area contributed by atoms with E-state index in [9.17, 15) is 4.79 Å². The van der Waals surface area contributed by atoms with Crippen LogP contribution in [0.25, 0.3) is 0 Å². The molecule has 0 unspecified atom stereocenters. The van der Waals surface area contributed by atoms with Gasteiger partial charge in [-0.1, -0.05) is 32.4 Å². The molecule has 1 N–H and O–H groups in total. The summed E-state index contributed by atoms with van der Waals surface area (Å²) >= 11 is 6.14. The lowest BCUT2D eigenvalue weighted by Crippen LogP contribution is -2.29. The Balaban J connectivity index is 1.75. The second kappa shape index (κ2) is 8.79. The number of amides is 1. The van der Waals surface area contributed by atoms with E-state index in [1.165, 1.54) is 0 Å². The van der Waals surface area contributed by atoms with Crippen LogP contribution in [0.2, 0.25) is 5.02 Å². The minimum atomic E-state index is -0.148. The third kappa shape index (κ3) is 5.99. The number of rotatable bonds is 7. The predicted octanol–water partition coefficient (Wildman–Crippen LogP) is 4.68. The highest BCUT2D eigenvalue weighted by molar-refractivity contribution is 6.32. The highest BCUT2D eigenvalue weighted by Crippen LogP contribution is 2.26. The van der Waals surface area contributed by atoms with Gasteiger partial charge in [-0.25, -0.2) is 4.98 Å². The fourth-order valence-electron chi connectivity index (χ4n) is 2.65. The summed E-state index contributed by atoms with van der Waals surface area (Å²) in [4.78, 5) is 16.5. The Morgan fingerprint density at radius 3 is 2.41 bits per heavy atom. The number of benzene rings is 1.